The third kappa shape index (κ3) is 4.18. The molecule has 0 bridgehead atoms. The number of aliphatic imine (C=N–C) groups is 1. The zero-order valence-corrected chi connectivity index (χ0v) is 20.0. The van der Waals surface area contributed by atoms with Crippen LogP contribution in [0.4, 0.5) is 10.1 Å². The van der Waals surface area contributed by atoms with Gasteiger partial charge in [0.2, 0.25) is 10.0 Å². The number of rotatable bonds is 6. The van der Waals surface area contributed by atoms with Crippen LogP contribution in [0.1, 0.15) is 36.5 Å². The maximum absolute atomic E-state index is 13.6. The van der Waals surface area contributed by atoms with Crippen molar-refractivity contribution >= 4 is 21.4 Å². The van der Waals surface area contributed by atoms with E-state index in [0.717, 1.165) is 40.7 Å². The minimum Gasteiger partial charge on any atom is -0.318 e. The Balaban J connectivity index is 1.72. The summed E-state index contributed by atoms with van der Waals surface area (Å²) in [6.45, 7) is 2.41. The van der Waals surface area contributed by atoms with Crippen LogP contribution in [0, 0.1) is 11.7 Å². The lowest BCUT2D eigenvalue weighted by molar-refractivity contribution is 0.589. The molecule has 0 amide bonds. The number of aromatic nitrogens is 1. The Morgan fingerprint density at radius 1 is 1.06 bits per heavy atom. The molecule has 3 aromatic rings. The first kappa shape index (κ1) is 22.5. The second-order valence-corrected chi connectivity index (χ2v) is 11.1. The molecule has 0 N–H and O–H groups in total. The Morgan fingerprint density at radius 2 is 1.79 bits per heavy atom. The topological polar surface area (TPSA) is 71.7 Å². The van der Waals surface area contributed by atoms with E-state index >= 15 is 0 Å². The Morgan fingerprint density at radius 3 is 2.47 bits per heavy atom. The minimum atomic E-state index is -3.46. The van der Waals surface area contributed by atoms with E-state index in [-0.39, 0.29) is 17.1 Å². The molecule has 5 rings (SSSR count). The molecule has 2 aromatic carbocycles. The maximum atomic E-state index is 13.6. The Kier molecular flexibility index (Phi) is 5.64. The number of sulfonamides is 1. The van der Waals surface area contributed by atoms with Gasteiger partial charge in [-0.05, 0) is 73.2 Å². The van der Waals surface area contributed by atoms with Crippen LogP contribution >= 0.6 is 0 Å². The van der Waals surface area contributed by atoms with Gasteiger partial charge in [0, 0.05) is 42.5 Å². The zero-order chi connectivity index (χ0) is 24.0. The summed E-state index contributed by atoms with van der Waals surface area (Å²) in [5.74, 6) is 0.0643. The molecular weight excluding hydrogens is 453 g/mol. The van der Waals surface area contributed by atoms with E-state index in [1.54, 1.807) is 38.4 Å². The lowest BCUT2D eigenvalue weighted by Crippen LogP contribution is -2.34. The second-order valence-electron chi connectivity index (χ2n) is 8.94. The van der Waals surface area contributed by atoms with Crippen LogP contribution in [0.3, 0.4) is 0 Å². The average Bonchev–Trinajstić information content (AvgIpc) is 3.66. The van der Waals surface area contributed by atoms with E-state index in [1.807, 2.05) is 18.2 Å². The highest BCUT2D eigenvalue weighted by Gasteiger charge is 2.31. The summed E-state index contributed by atoms with van der Waals surface area (Å²) < 4.78 is 42.6. The predicted octanol–water partition coefficient (Wildman–Crippen LogP) is 4.11. The molecule has 6 nitrogen and oxygen atoms in total. The minimum absolute atomic E-state index is 0.0180. The van der Waals surface area contributed by atoms with Crippen LogP contribution in [0.2, 0.25) is 0 Å². The van der Waals surface area contributed by atoms with Crippen molar-refractivity contribution < 1.29 is 12.8 Å². The van der Waals surface area contributed by atoms with Gasteiger partial charge in [-0.25, -0.2) is 12.8 Å². The Labute approximate surface area is 198 Å². The first-order valence-electron chi connectivity index (χ1n) is 11.4. The fourth-order valence-electron chi connectivity index (χ4n) is 4.33. The number of benzene rings is 2. The van der Waals surface area contributed by atoms with Gasteiger partial charge < -0.3 is 4.57 Å². The van der Waals surface area contributed by atoms with Gasteiger partial charge >= 0.3 is 0 Å². The number of hydrogen-bond acceptors (Lipinski definition) is 4. The van der Waals surface area contributed by atoms with Crippen LogP contribution in [-0.4, -0.2) is 31.0 Å². The fourth-order valence-corrected chi connectivity index (χ4v) is 5.52. The lowest BCUT2D eigenvalue weighted by atomic mass is 9.92. The highest BCUT2D eigenvalue weighted by atomic mass is 32.2. The summed E-state index contributed by atoms with van der Waals surface area (Å²) in [6, 6.07) is 13.3. The molecule has 0 radical (unpaired) electrons. The van der Waals surface area contributed by atoms with Gasteiger partial charge in [-0.3, -0.25) is 14.1 Å². The van der Waals surface area contributed by atoms with Gasteiger partial charge in [-0.2, -0.15) is 0 Å². The molecule has 0 saturated heterocycles. The van der Waals surface area contributed by atoms with Crippen molar-refractivity contribution in [1.82, 2.24) is 4.57 Å². The van der Waals surface area contributed by atoms with E-state index in [4.69, 9.17) is 4.99 Å². The normalized spacial score (nSPS) is 15.2. The SMILES string of the molecule is CCS(=O)(=O)N(CC1CC1)c1ccc2c(c1)-c1cn(C)c(=O)cc1CN=C2c1ccc(F)cc1. The predicted molar refractivity (Wildman–Crippen MR) is 132 cm³/mol. The molecule has 2 heterocycles. The molecule has 1 aliphatic heterocycles. The second kappa shape index (κ2) is 8.51. The Bertz CT molecular complexity index is 1460. The number of nitrogens with zero attached hydrogens (tertiary/aromatic N) is 3. The zero-order valence-electron chi connectivity index (χ0n) is 19.2. The fraction of sp³-hybridized carbons (Fsp3) is 0.308. The monoisotopic (exact) mass is 479 g/mol. The van der Waals surface area contributed by atoms with Gasteiger partial charge in [0.1, 0.15) is 5.82 Å². The van der Waals surface area contributed by atoms with Gasteiger partial charge in [-0.1, -0.05) is 6.07 Å². The first-order chi connectivity index (χ1) is 16.3. The molecule has 8 heteroatoms. The summed E-state index contributed by atoms with van der Waals surface area (Å²) in [5, 5.41) is 0. The summed E-state index contributed by atoms with van der Waals surface area (Å²) >= 11 is 0. The van der Waals surface area contributed by atoms with Gasteiger partial charge in [0.15, 0.2) is 0 Å². The molecule has 34 heavy (non-hydrogen) atoms. The number of anilines is 1. The highest BCUT2D eigenvalue weighted by Crippen LogP contribution is 2.38. The quantitative estimate of drug-likeness (QED) is 0.534. The molecule has 1 saturated carbocycles. The standard InChI is InChI=1S/C26H26FN3O3S/c1-3-34(32,33)30(15-17-4-5-17)21-10-11-22-23(13-21)24-16-29(2)25(31)12-19(24)14-28-26(22)18-6-8-20(27)9-7-18/h6-13,16-17H,3-5,14-15H2,1-2H3. The highest BCUT2D eigenvalue weighted by molar-refractivity contribution is 7.92. The molecular formula is C26H26FN3O3S. The van der Waals surface area contributed by atoms with Crippen molar-refractivity contribution in [2.45, 2.75) is 26.3 Å². The van der Waals surface area contributed by atoms with Crippen LogP contribution in [0.15, 0.2) is 64.5 Å². The molecule has 0 unspecified atom stereocenters. The molecule has 1 fully saturated rings. The van der Waals surface area contributed by atoms with Crippen molar-refractivity contribution in [3.05, 3.63) is 87.6 Å². The van der Waals surface area contributed by atoms with E-state index in [2.05, 4.69) is 0 Å². The molecule has 1 aliphatic carbocycles. The smallest absolute Gasteiger partial charge is 0.250 e. The van der Waals surface area contributed by atoms with Crippen molar-refractivity contribution in [1.29, 1.82) is 0 Å². The van der Waals surface area contributed by atoms with Crippen molar-refractivity contribution in [3.63, 3.8) is 0 Å². The van der Waals surface area contributed by atoms with Crippen molar-refractivity contribution in [2.24, 2.45) is 18.0 Å². The first-order valence-corrected chi connectivity index (χ1v) is 13.0. The molecule has 0 atom stereocenters. The Hall–Kier alpha value is -3.26. The summed E-state index contributed by atoms with van der Waals surface area (Å²) in [5.41, 5.74) is 5.12. The van der Waals surface area contributed by atoms with Crippen LogP contribution < -0.4 is 9.86 Å². The number of fused-ring (bicyclic) bond motifs is 3. The maximum Gasteiger partial charge on any atom is 0.250 e. The molecule has 0 spiro atoms. The number of halogens is 1. The van der Waals surface area contributed by atoms with E-state index in [1.165, 1.54) is 21.0 Å². The summed E-state index contributed by atoms with van der Waals surface area (Å²) in [6.07, 6.45) is 3.85. The molecule has 1 aromatic heterocycles. The van der Waals surface area contributed by atoms with Gasteiger partial charge in [0.05, 0.1) is 23.7 Å². The largest absolute Gasteiger partial charge is 0.318 e. The average molecular weight is 480 g/mol. The number of hydrogen-bond donors (Lipinski definition) is 0. The molecule has 176 valence electrons. The third-order valence-electron chi connectivity index (χ3n) is 6.50. The summed E-state index contributed by atoms with van der Waals surface area (Å²) in [4.78, 5) is 17.2. The van der Waals surface area contributed by atoms with Gasteiger partial charge in [-0.15, -0.1) is 0 Å². The van der Waals surface area contributed by atoms with Gasteiger partial charge in [0.25, 0.3) is 5.56 Å². The third-order valence-corrected chi connectivity index (χ3v) is 8.26. The number of aryl methyl sites for hydroxylation is 1. The van der Waals surface area contributed by atoms with E-state index in [0.29, 0.717) is 30.4 Å². The molecule has 2 aliphatic rings. The van der Waals surface area contributed by atoms with E-state index < -0.39 is 10.0 Å². The van der Waals surface area contributed by atoms with Crippen LogP contribution in [-0.2, 0) is 23.6 Å². The van der Waals surface area contributed by atoms with Crippen molar-refractivity contribution in [3.8, 4) is 11.1 Å². The van der Waals surface area contributed by atoms with Crippen molar-refractivity contribution in [2.75, 3.05) is 16.6 Å². The van der Waals surface area contributed by atoms with E-state index in [9.17, 15) is 17.6 Å². The summed E-state index contributed by atoms with van der Waals surface area (Å²) in [7, 11) is -1.77. The lowest BCUT2D eigenvalue weighted by Gasteiger charge is -2.25. The number of pyridine rings is 1. The van der Waals surface area contributed by atoms with Crippen LogP contribution in [0.5, 0.6) is 0 Å². The van der Waals surface area contributed by atoms with Crippen LogP contribution in [0.25, 0.3) is 11.1 Å².